The van der Waals surface area contributed by atoms with Gasteiger partial charge in [-0.3, -0.25) is 9.59 Å². The molecule has 1 rings (SSSR count). The number of benzene rings is 1. The van der Waals surface area contributed by atoms with Crippen molar-refractivity contribution in [3.05, 3.63) is 33.8 Å². The van der Waals surface area contributed by atoms with Gasteiger partial charge in [0.1, 0.15) is 6.04 Å². The molecule has 0 aromatic heterocycles. The summed E-state index contributed by atoms with van der Waals surface area (Å²) in [6, 6.07) is 3.94. The van der Waals surface area contributed by atoms with Gasteiger partial charge in [-0.15, -0.1) is 0 Å². The topological polar surface area (TPSA) is 58.2 Å². The number of carbonyl (C=O) groups is 2. The van der Waals surface area contributed by atoms with Crippen molar-refractivity contribution in [2.75, 3.05) is 6.54 Å². The molecule has 0 aliphatic carbocycles. The Kier molecular flexibility index (Phi) is 5.44. The van der Waals surface area contributed by atoms with Crippen molar-refractivity contribution in [3.63, 3.8) is 0 Å². The Morgan fingerprint density at radius 2 is 1.94 bits per heavy atom. The van der Waals surface area contributed by atoms with Crippen molar-refractivity contribution < 1.29 is 9.59 Å². The van der Waals surface area contributed by atoms with Crippen molar-refractivity contribution in [2.45, 2.75) is 19.9 Å². The lowest BCUT2D eigenvalue weighted by molar-refractivity contribution is -0.122. The number of halogens is 2. The smallest absolute Gasteiger partial charge is 0.251 e. The van der Waals surface area contributed by atoms with Crippen LogP contribution in [-0.4, -0.2) is 24.4 Å². The zero-order chi connectivity index (χ0) is 13.7. The van der Waals surface area contributed by atoms with Crippen LogP contribution in [-0.2, 0) is 4.79 Å². The monoisotopic (exact) mass is 288 g/mol. The second-order valence-electron chi connectivity index (χ2n) is 3.72. The van der Waals surface area contributed by atoms with Gasteiger partial charge in [0.25, 0.3) is 5.91 Å². The molecule has 98 valence electrons. The summed E-state index contributed by atoms with van der Waals surface area (Å²) in [5.74, 6) is -0.599. The number of hydrogen-bond donors (Lipinski definition) is 2. The first-order valence-corrected chi connectivity index (χ1v) is 6.25. The highest BCUT2D eigenvalue weighted by atomic mass is 35.5. The SMILES string of the molecule is CCNC(=O)[C@@H](C)NC(=O)c1ccc(Cl)c(Cl)c1. The van der Waals surface area contributed by atoms with Crippen molar-refractivity contribution in [1.29, 1.82) is 0 Å². The van der Waals surface area contributed by atoms with Crippen LogP contribution in [0.2, 0.25) is 10.0 Å². The molecule has 0 saturated carbocycles. The first-order valence-electron chi connectivity index (χ1n) is 5.49. The number of likely N-dealkylation sites (N-methyl/N-ethyl adjacent to an activating group) is 1. The predicted octanol–water partition coefficient (Wildman–Crippen LogP) is 2.25. The number of amides is 2. The van der Waals surface area contributed by atoms with Crippen LogP contribution < -0.4 is 10.6 Å². The number of nitrogens with one attached hydrogen (secondary N) is 2. The van der Waals surface area contributed by atoms with E-state index in [0.717, 1.165) is 0 Å². The van der Waals surface area contributed by atoms with Crippen LogP contribution in [0.3, 0.4) is 0 Å². The van der Waals surface area contributed by atoms with Crippen molar-refractivity contribution in [2.24, 2.45) is 0 Å². The van der Waals surface area contributed by atoms with E-state index in [2.05, 4.69) is 10.6 Å². The Morgan fingerprint density at radius 1 is 1.28 bits per heavy atom. The minimum absolute atomic E-state index is 0.231. The lowest BCUT2D eigenvalue weighted by Crippen LogP contribution is -2.44. The predicted molar refractivity (Wildman–Crippen MR) is 72.1 cm³/mol. The molecule has 4 nitrogen and oxygen atoms in total. The van der Waals surface area contributed by atoms with Gasteiger partial charge in [0.2, 0.25) is 5.91 Å². The molecule has 0 heterocycles. The molecule has 1 atom stereocenters. The third-order valence-electron chi connectivity index (χ3n) is 2.27. The maximum Gasteiger partial charge on any atom is 0.251 e. The molecule has 2 amide bonds. The first-order chi connectivity index (χ1) is 8.45. The van der Waals surface area contributed by atoms with Crippen LogP contribution in [0.15, 0.2) is 18.2 Å². The maximum absolute atomic E-state index is 11.8. The van der Waals surface area contributed by atoms with E-state index in [4.69, 9.17) is 23.2 Å². The molecule has 0 aliphatic heterocycles. The van der Waals surface area contributed by atoms with E-state index in [0.29, 0.717) is 22.2 Å². The molecule has 0 spiro atoms. The Balaban J connectivity index is 2.70. The van der Waals surface area contributed by atoms with Gasteiger partial charge in [0.05, 0.1) is 10.0 Å². The van der Waals surface area contributed by atoms with E-state index in [1.54, 1.807) is 13.0 Å². The molecule has 0 radical (unpaired) electrons. The second kappa shape index (κ2) is 6.61. The van der Waals surface area contributed by atoms with Crippen LogP contribution in [0.1, 0.15) is 24.2 Å². The summed E-state index contributed by atoms with van der Waals surface area (Å²) in [5.41, 5.74) is 0.362. The normalized spacial score (nSPS) is 11.8. The molecule has 0 aliphatic rings. The Hall–Kier alpha value is -1.26. The Morgan fingerprint density at radius 3 is 2.50 bits per heavy atom. The van der Waals surface area contributed by atoms with Crippen LogP contribution in [0, 0.1) is 0 Å². The minimum atomic E-state index is -0.605. The van der Waals surface area contributed by atoms with Crippen LogP contribution in [0.25, 0.3) is 0 Å². The fourth-order valence-electron chi connectivity index (χ4n) is 1.31. The highest BCUT2D eigenvalue weighted by Crippen LogP contribution is 2.22. The fourth-order valence-corrected chi connectivity index (χ4v) is 1.61. The summed E-state index contributed by atoms with van der Waals surface area (Å²) in [4.78, 5) is 23.3. The summed E-state index contributed by atoms with van der Waals surface area (Å²) in [5, 5.41) is 5.88. The summed E-state index contributed by atoms with van der Waals surface area (Å²) >= 11 is 11.6. The van der Waals surface area contributed by atoms with E-state index in [9.17, 15) is 9.59 Å². The van der Waals surface area contributed by atoms with Gasteiger partial charge in [-0.25, -0.2) is 0 Å². The van der Waals surface area contributed by atoms with E-state index in [-0.39, 0.29) is 11.8 Å². The third-order valence-corrected chi connectivity index (χ3v) is 3.01. The van der Waals surface area contributed by atoms with Crippen molar-refractivity contribution in [1.82, 2.24) is 10.6 Å². The Labute approximate surface area is 116 Å². The lowest BCUT2D eigenvalue weighted by Gasteiger charge is -2.13. The maximum atomic E-state index is 11.8. The van der Waals surface area contributed by atoms with Gasteiger partial charge >= 0.3 is 0 Å². The standard InChI is InChI=1S/C12H14Cl2N2O2/c1-3-15-11(17)7(2)16-12(18)8-4-5-9(13)10(14)6-8/h4-7H,3H2,1-2H3,(H,15,17)(H,16,18)/t7-/m1/s1. The highest BCUT2D eigenvalue weighted by Gasteiger charge is 2.16. The van der Waals surface area contributed by atoms with Crippen LogP contribution in [0.4, 0.5) is 0 Å². The first kappa shape index (κ1) is 14.8. The molecule has 0 bridgehead atoms. The number of rotatable bonds is 4. The summed E-state index contributed by atoms with van der Waals surface area (Å²) in [7, 11) is 0. The average Bonchev–Trinajstić information content (AvgIpc) is 2.32. The van der Waals surface area contributed by atoms with E-state index in [1.165, 1.54) is 12.1 Å². The second-order valence-corrected chi connectivity index (χ2v) is 4.53. The van der Waals surface area contributed by atoms with Gasteiger partial charge in [-0.05, 0) is 32.0 Å². The molecule has 0 unspecified atom stereocenters. The Bertz CT molecular complexity index is 463. The van der Waals surface area contributed by atoms with Gasteiger partial charge in [-0.2, -0.15) is 0 Å². The van der Waals surface area contributed by atoms with Crippen LogP contribution in [0.5, 0.6) is 0 Å². The average molecular weight is 289 g/mol. The highest BCUT2D eigenvalue weighted by molar-refractivity contribution is 6.42. The van der Waals surface area contributed by atoms with Gasteiger partial charge < -0.3 is 10.6 Å². The number of hydrogen-bond acceptors (Lipinski definition) is 2. The van der Waals surface area contributed by atoms with E-state index in [1.807, 2.05) is 6.92 Å². The van der Waals surface area contributed by atoms with Crippen molar-refractivity contribution >= 4 is 35.0 Å². The molecule has 6 heteroatoms. The number of carbonyl (C=O) groups excluding carboxylic acids is 2. The molecule has 0 fully saturated rings. The van der Waals surface area contributed by atoms with Gasteiger partial charge in [0.15, 0.2) is 0 Å². The summed E-state index contributed by atoms with van der Waals surface area (Å²) in [6.07, 6.45) is 0. The lowest BCUT2D eigenvalue weighted by atomic mass is 10.2. The zero-order valence-electron chi connectivity index (χ0n) is 10.1. The summed E-state index contributed by atoms with van der Waals surface area (Å²) in [6.45, 7) is 3.94. The quantitative estimate of drug-likeness (QED) is 0.893. The molecule has 0 saturated heterocycles. The van der Waals surface area contributed by atoms with E-state index >= 15 is 0 Å². The largest absolute Gasteiger partial charge is 0.355 e. The van der Waals surface area contributed by atoms with Gasteiger partial charge in [-0.1, -0.05) is 23.2 Å². The summed E-state index contributed by atoms with van der Waals surface area (Å²) < 4.78 is 0. The van der Waals surface area contributed by atoms with Gasteiger partial charge in [0, 0.05) is 12.1 Å². The molecular formula is C12H14Cl2N2O2. The zero-order valence-corrected chi connectivity index (χ0v) is 11.6. The molecule has 1 aromatic carbocycles. The molecule has 18 heavy (non-hydrogen) atoms. The third kappa shape index (κ3) is 3.89. The molecular weight excluding hydrogens is 275 g/mol. The van der Waals surface area contributed by atoms with Crippen LogP contribution >= 0.6 is 23.2 Å². The minimum Gasteiger partial charge on any atom is -0.355 e. The molecule has 1 aromatic rings. The van der Waals surface area contributed by atoms with E-state index < -0.39 is 6.04 Å². The fraction of sp³-hybridized carbons (Fsp3) is 0.333. The molecule has 2 N–H and O–H groups in total. The van der Waals surface area contributed by atoms with Crippen molar-refractivity contribution in [3.8, 4) is 0 Å².